The molecule has 0 fully saturated rings. The van der Waals surface area contributed by atoms with Crippen LogP contribution in [-0.4, -0.2) is 45.3 Å². The van der Waals surface area contributed by atoms with Crippen LogP contribution < -0.4 is 0 Å². The average molecular weight is 416 g/mol. The van der Waals surface area contributed by atoms with E-state index in [9.17, 15) is 0 Å². The third kappa shape index (κ3) is 8.82. The molecule has 0 bridgehead atoms. The summed E-state index contributed by atoms with van der Waals surface area (Å²) in [5, 5.41) is 0. The molecule has 0 aliphatic rings. The molecule has 1 atom stereocenters. The number of hydrogen-bond acceptors (Lipinski definition) is 0. The molecule has 1 unspecified atom stereocenters. The van der Waals surface area contributed by atoms with Crippen LogP contribution in [0.5, 0.6) is 0 Å². The minimum Gasteiger partial charge on any atom is 0 e. The standard InChI is InChI=1S/AsH3.Cu.Pb.Zn.2H/h1H3;;;;;. The maximum atomic E-state index is 0. The topological polar surface area (TPSA) is 0 Å². The maximum Gasteiger partial charge on any atom is 0 e. The molecule has 0 heterocycles. The van der Waals surface area contributed by atoms with E-state index in [1.807, 2.05) is 0 Å². The zero-order valence-electron chi connectivity index (χ0n) is 2.42. The summed E-state index contributed by atoms with van der Waals surface area (Å²) in [4.78, 5) is 0. The van der Waals surface area contributed by atoms with E-state index in [1.54, 1.807) is 0 Å². The monoisotopic (exact) mass is 415 g/mol. The largest absolute Gasteiger partial charge is 0 e. The average Bonchev–Trinajstić information content (AvgIpc) is 0. The van der Waals surface area contributed by atoms with Gasteiger partial charge in [0.15, 0.2) is 0 Å². The van der Waals surface area contributed by atoms with Crippen LogP contribution >= 0.6 is 0 Å². The Morgan fingerprint density at radius 3 is 1.00 bits per heavy atom. The fourth-order valence-electron chi connectivity index (χ4n) is 0. The van der Waals surface area contributed by atoms with Gasteiger partial charge in [0.2, 0.25) is 0 Å². The second-order valence-electron chi connectivity index (χ2n) is 0. The molecule has 0 spiro atoms. The molecule has 0 amide bonds. The van der Waals surface area contributed by atoms with Crippen molar-refractivity contribution in [2.75, 3.05) is 0 Å². The molecule has 27 valence electrons. The van der Waals surface area contributed by atoms with Crippen LogP contribution in [0.1, 0.15) is 0 Å². The summed E-state index contributed by atoms with van der Waals surface area (Å²) in [6, 6.07) is 0. The van der Waals surface area contributed by atoms with Crippen molar-refractivity contribution in [3.8, 4) is 0 Å². The van der Waals surface area contributed by atoms with Crippen molar-refractivity contribution < 1.29 is 36.5 Å². The minimum absolute atomic E-state index is 0. The van der Waals surface area contributed by atoms with E-state index in [1.165, 1.54) is 0 Å². The van der Waals surface area contributed by atoms with Gasteiger partial charge in [-0.1, -0.05) is 0 Å². The van der Waals surface area contributed by atoms with Crippen LogP contribution in [0, 0.1) is 0 Å². The summed E-state index contributed by atoms with van der Waals surface area (Å²) in [5.41, 5.74) is 0. The van der Waals surface area contributed by atoms with E-state index in [0.29, 0.717) is 0 Å². The van der Waals surface area contributed by atoms with E-state index in [4.69, 9.17) is 0 Å². The predicted molar refractivity (Wildman–Crippen MR) is 18.5 cm³/mol. The first-order valence-corrected chi connectivity index (χ1v) is 0. The van der Waals surface area contributed by atoms with Gasteiger partial charge >= 0.3 is 45.3 Å². The third-order valence-corrected chi connectivity index (χ3v) is 0. The Labute approximate surface area is 80.6 Å². The van der Waals surface area contributed by atoms with Crippen molar-refractivity contribution in [3.05, 3.63) is 0 Å². The molecule has 0 rings (SSSR count). The van der Waals surface area contributed by atoms with Gasteiger partial charge in [-0.2, -0.15) is 0 Å². The molecule has 3 radical (unpaired) electrons. The Bertz CT molecular complexity index is 8.00. The molecule has 0 aliphatic heterocycles. The Hall–Kier alpha value is 2.62. The first-order valence-electron chi connectivity index (χ1n) is 0. The maximum absolute atomic E-state index is 0. The van der Waals surface area contributed by atoms with Crippen molar-refractivity contribution >= 4 is 45.3 Å². The van der Waals surface area contributed by atoms with Crippen LogP contribution in [0.4, 0.5) is 0 Å². The second-order valence-corrected chi connectivity index (χ2v) is 0. The van der Waals surface area contributed by atoms with E-state index in [-0.39, 0.29) is 81.8 Å². The van der Waals surface area contributed by atoms with E-state index in [2.05, 4.69) is 0 Å². The van der Waals surface area contributed by atoms with E-state index >= 15 is 0 Å². The summed E-state index contributed by atoms with van der Waals surface area (Å²) in [5.74, 6) is 0. The zero-order chi connectivity index (χ0) is 0. The molecule has 0 saturated carbocycles. The molecule has 0 aromatic rings. The van der Waals surface area contributed by atoms with Crippen LogP contribution in [0.15, 0.2) is 0 Å². The van der Waals surface area contributed by atoms with Gasteiger partial charge < -0.3 is 0 Å². The Balaban J connectivity index is 0. The fourth-order valence-corrected chi connectivity index (χ4v) is 0. The summed E-state index contributed by atoms with van der Waals surface area (Å²) in [6.07, 6.45) is 0. The molecule has 0 nitrogen and oxygen atoms in total. The smallest absolute Gasteiger partial charge is 0 e. The SMILES string of the molecule is [AsH3].[Cu].[PbH2].[Zn]. The third-order valence-electron chi connectivity index (χ3n) is 0. The quantitative estimate of drug-likeness (QED) is 0.397. The Morgan fingerprint density at radius 1 is 1.00 bits per heavy atom. The molecule has 0 aromatic heterocycles. The first kappa shape index (κ1) is 30.4. The molecular weight excluding hydrogens is 411 g/mol. The van der Waals surface area contributed by atoms with Gasteiger partial charge in [-0.3, -0.25) is 0 Å². The van der Waals surface area contributed by atoms with E-state index in [0.717, 1.165) is 0 Å². The van der Waals surface area contributed by atoms with Crippen molar-refractivity contribution in [3.63, 3.8) is 0 Å². The normalized spacial score (nSPS) is 0. The van der Waals surface area contributed by atoms with Crippen molar-refractivity contribution in [1.82, 2.24) is 0 Å². The van der Waals surface area contributed by atoms with Gasteiger partial charge in [-0.25, -0.2) is 0 Å². The molecular formula is H5AsCuPbZn. The molecule has 0 aliphatic carbocycles. The molecule has 4 heteroatoms. The zero-order valence-corrected chi connectivity index (χ0v) is 14.8. The summed E-state index contributed by atoms with van der Waals surface area (Å²) >= 11 is 0. The summed E-state index contributed by atoms with van der Waals surface area (Å²) < 4.78 is 0. The van der Waals surface area contributed by atoms with Gasteiger partial charge in [0, 0.05) is 36.5 Å². The van der Waals surface area contributed by atoms with Gasteiger partial charge in [-0.15, -0.1) is 0 Å². The van der Waals surface area contributed by atoms with Crippen molar-refractivity contribution in [1.29, 1.82) is 0 Å². The van der Waals surface area contributed by atoms with Crippen LogP contribution in [0.3, 0.4) is 0 Å². The number of rotatable bonds is 0. The van der Waals surface area contributed by atoms with E-state index < -0.39 is 0 Å². The minimum atomic E-state index is 0. The molecule has 4 heavy (non-hydrogen) atoms. The fraction of sp³-hybridized carbons (Fsp3) is 0. The van der Waals surface area contributed by atoms with Crippen molar-refractivity contribution in [2.45, 2.75) is 0 Å². The predicted octanol–water partition coefficient (Wildman–Crippen LogP) is -2.11. The molecule has 0 N–H and O–H groups in total. The molecule has 0 saturated heterocycles. The summed E-state index contributed by atoms with van der Waals surface area (Å²) in [6.45, 7) is 0. The van der Waals surface area contributed by atoms with Gasteiger partial charge in [-0.05, 0) is 0 Å². The van der Waals surface area contributed by atoms with Crippen LogP contribution in [0.2, 0.25) is 0 Å². The Kier molecular flexibility index (Phi) is 133. The van der Waals surface area contributed by atoms with Gasteiger partial charge in [0.05, 0.1) is 0 Å². The van der Waals surface area contributed by atoms with Crippen LogP contribution in [0.25, 0.3) is 0 Å². The molecule has 0 aromatic carbocycles. The Morgan fingerprint density at radius 2 is 1.00 bits per heavy atom. The van der Waals surface area contributed by atoms with Gasteiger partial charge in [0.1, 0.15) is 0 Å². The van der Waals surface area contributed by atoms with Gasteiger partial charge in [0.25, 0.3) is 0 Å². The first-order chi connectivity index (χ1) is 0. The second kappa shape index (κ2) is 17.5. The van der Waals surface area contributed by atoms with Crippen LogP contribution in [-0.2, 0) is 36.5 Å². The summed E-state index contributed by atoms with van der Waals surface area (Å²) in [7, 11) is 0. The number of hydrogen-bond donors (Lipinski definition) is 0. The van der Waals surface area contributed by atoms with Crippen molar-refractivity contribution in [2.24, 2.45) is 0 Å².